The minimum Gasteiger partial charge on any atom is -0.487 e. The Hall–Kier alpha value is -1.81. The summed E-state index contributed by atoms with van der Waals surface area (Å²) in [4.78, 5) is 0. The van der Waals surface area contributed by atoms with E-state index in [0.717, 1.165) is 18.2 Å². The normalized spacial score (nSPS) is 10.4. The lowest BCUT2D eigenvalue weighted by atomic mass is 10.2. The van der Waals surface area contributed by atoms with E-state index in [1.54, 1.807) is 12.1 Å². The van der Waals surface area contributed by atoms with E-state index in [1.165, 1.54) is 6.07 Å². The second-order valence-electron chi connectivity index (χ2n) is 3.71. The van der Waals surface area contributed by atoms with Crippen molar-refractivity contribution in [3.05, 3.63) is 58.6 Å². The Morgan fingerprint density at radius 1 is 1.11 bits per heavy atom. The van der Waals surface area contributed by atoms with E-state index >= 15 is 0 Å². The van der Waals surface area contributed by atoms with Crippen LogP contribution >= 0.6 is 11.6 Å². The van der Waals surface area contributed by atoms with Gasteiger partial charge in [0.1, 0.15) is 24.0 Å². The SMILES string of the molecule is Nc1ccc(Cl)c(OCc2cc(F)ccc2F)c1. The summed E-state index contributed by atoms with van der Waals surface area (Å²) < 4.78 is 31.6. The Balaban J connectivity index is 2.16. The van der Waals surface area contributed by atoms with Gasteiger partial charge in [-0.25, -0.2) is 8.78 Å². The lowest BCUT2D eigenvalue weighted by Crippen LogP contribution is -2.00. The number of hydrogen-bond acceptors (Lipinski definition) is 2. The Morgan fingerprint density at radius 2 is 1.89 bits per heavy atom. The highest BCUT2D eigenvalue weighted by atomic mass is 35.5. The molecular weight excluding hydrogens is 260 g/mol. The van der Waals surface area contributed by atoms with Gasteiger partial charge in [-0.3, -0.25) is 0 Å². The first-order valence-electron chi connectivity index (χ1n) is 5.18. The van der Waals surface area contributed by atoms with Crippen LogP contribution in [0.15, 0.2) is 36.4 Å². The summed E-state index contributed by atoms with van der Waals surface area (Å²) in [5, 5.41) is 0.362. The first-order valence-corrected chi connectivity index (χ1v) is 5.56. The lowest BCUT2D eigenvalue weighted by Gasteiger charge is -2.09. The van der Waals surface area contributed by atoms with Gasteiger partial charge in [0.2, 0.25) is 0 Å². The van der Waals surface area contributed by atoms with Crippen LogP contribution in [-0.2, 0) is 6.61 Å². The second kappa shape index (κ2) is 5.23. The van der Waals surface area contributed by atoms with Crippen molar-refractivity contribution in [2.45, 2.75) is 6.61 Å². The van der Waals surface area contributed by atoms with E-state index in [0.29, 0.717) is 16.5 Å². The lowest BCUT2D eigenvalue weighted by molar-refractivity contribution is 0.299. The number of halogens is 3. The Labute approximate surface area is 108 Å². The van der Waals surface area contributed by atoms with Crippen molar-refractivity contribution in [2.24, 2.45) is 0 Å². The summed E-state index contributed by atoms with van der Waals surface area (Å²) in [6.45, 7) is -0.118. The van der Waals surface area contributed by atoms with Gasteiger partial charge in [-0.2, -0.15) is 0 Å². The van der Waals surface area contributed by atoms with Crippen LogP contribution in [0.5, 0.6) is 5.75 Å². The molecule has 5 heteroatoms. The van der Waals surface area contributed by atoms with Gasteiger partial charge >= 0.3 is 0 Å². The average Bonchev–Trinajstić information content (AvgIpc) is 2.34. The van der Waals surface area contributed by atoms with E-state index in [4.69, 9.17) is 22.1 Å². The summed E-state index contributed by atoms with van der Waals surface area (Å²) in [5.41, 5.74) is 6.18. The van der Waals surface area contributed by atoms with Gasteiger partial charge in [0.25, 0.3) is 0 Å². The first-order chi connectivity index (χ1) is 8.56. The molecule has 2 aromatic carbocycles. The number of rotatable bonds is 3. The highest BCUT2D eigenvalue weighted by Gasteiger charge is 2.07. The third kappa shape index (κ3) is 2.90. The molecule has 0 unspecified atom stereocenters. The maximum absolute atomic E-state index is 13.3. The van der Waals surface area contributed by atoms with Crippen LogP contribution in [0.3, 0.4) is 0 Å². The monoisotopic (exact) mass is 269 g/mol. The van der Waals surface area contributed by atoms with Crippen molar-refractivity contribution in [1.82, 2.24) is 0 Å². The molecule has 0 atom stereocenters. The number of anilines is 1. The zero-order valence-corrected chi connectivity index (χ0v) is 10.0. The van der Waals surface area contributed by atoms with Crippen LogP contribution in [-0.4, -0.2) is 0 Å². The molecule has 0 radical (unpaired) electrons. The fourth-order valence-corrected chi connectivity index (χ4v) is 1.61. The van der Waals surface area contributed by atoms with Crippen LogP contribution in [0.1, 0.15) is 5.56 Å². The van der Waals surface area contributed by atoms with E-state index in [2.05, 4.69) is 0 Å². The first kappa shape index (κ1) is 12.6. The summed E-state index contributed by atoms with van der Waals surface area (Å²) >= 11 is 5.89. The molecule has 0 amide bonds. The van der Waals surface area contributed by atoms with Crippen LogP contribution in [0.2, 0.25) is 5.02 Å². The Morgan fingerprint density at radius 3 is 2.67 bits per heavy atom. The Bertz CT molecular complexity index is 523. The van der Waals surface area contributed by atoms with Gasteiger partial charge in [-0.05, 0) is 30.3 Å². The number of ether oxygens (including phenoxy) is 1. The Kier molecular flexibility index (Phi) is 3.67. The molecule has 0 aromatic heterocycles. The van der Waals surface area contributed by atoms with Gasteiger partial charge in [0, 0.05) is 17.3 Å². The van der Waals surface area contributed by atoms with Gasteiger partial charge in [-0.1, -0.05) is 11.6 Å². The van der Waals surface area contributed by atoms with Crippen LogP contribution in [0.4, 0.5) is 14.5 Å². The van der Waals surface area contributed by atoms with E-state index in [9.17, 15) is 8.78 Å². The third-order valence-corrected chi connectivity index (χ3v) is 2.66. The molecule has 2 nitrogen and oxygen atoms in total. The minimum atomic E-state index is -0.531. The quantitative estimate of drug-likeness (QED) is 0.861. The fourth-order valence-electron chi connectivity index (χ4n) is 1.44. The van der Waals surface area contributed by atoms with Crippen molar-refractivity contribution in [3.8, 4) is 5.75 Å². The van der Waals surface area contributed by atoms with Crippen molar-refractivity contribution >= 4 is 17.3 Å². The van der Waals surface area contributed by atoms with Gasteiger partial charge < -0.3 is 10.5 Å². The molecule has 0 heterocycles. The summed E-state index contributed by atoms with van der Waals surface area (Å²) in [5.74, 6) is -0.717. The molecule has 0 bridgehead atoms. The molecule has 0 spiro atoms. The molecule has 0 aliphatic heterocycles. The molecule has 2 N–H and O–H groups in total. The third-order valence-electron chi connectivity index (χ3n) is 2.35. The molecular formula is C13H10ClF2NO. The maximum atomic E-state index is 13.3. The molecule has 0 aliphatic carbocycles. The topological polar surface area (TPSA) is 35.2 Å². The van der Waals surface area contributed by atoms with Crippen LogP contribution in [0, 0.1) is 11.6 Å². The molecule has 0 fully saturated rings. The predicted octanol–water partition coefficient (Wildman–Crippen LogP) is 3.78. The van der Waals surface area contributed by atoms with Crippen molar-refractivity contribution in [3.63, 3.8) is 0 Å². The minimum absolute atomic E-state index is 0.118. The van der Waals surface area contributed by atoms with Crippen LogP contribution < -0.4 is 10.5 Å². The fraction of sp³-hybridized carbons (Fsp3) is 0.0769. The number of nitrogens with two attached hydrogens (primary N) is 1. The van der Waals surface area contributed by atoms with Crippen molar-refractivity contribution < 1.29 is 13.5 Å². The average molecular weight is 270 g/mol. The van der Waals surface area contributed by atoms with Crippen molar-refractivity contribution in [2.75, 3.05) is 5.73 Å². The zero-order valence-electron chi connectivity index (χ0n) is 9.29. The molecule has 94 valence electrons. The summed E-state index contributed by atoms with van der Waals surface area (Å²) in [6, 6.07) is 7.91. The highest BCUT2D eigenvalue weighted by molar-refractivity contribution is 6.32. The van der Waals surface area contributed by atoms with E-state index in [-0.39, 0.29) is 12.2 Å². The second-order valence-corrected chi connectivity index (χ2v) is 4.12. The number of nitrogen functional groups attached to an aromatic ring is 1. The molecule has 2 aromatic rings. The largest absolute Gasteiger partial charge is 0.487 e. The predicted molar refractivity (Wildman–Crippen MR) is 66.6 cm³/mol. The van der Waals surface area contributed by atoms with E-state index in [1.807, 2.05) is 0 Å². The number of hydrogen-bond donors (Lipinski definition) is 1. The molecule has 0 saturated carbocycles. The van der Waals surface area contributed by atoms with Crippen LogP contribution in [0.25, 0.3) is 0 Å². The summed E-state index contributed by atoms with van der Waals surface area (Å²) in [7, 11) is 0. The smallest absolute Gasteiger partial charge is 0.140 e. The van der Waals surface area contributed by atoms with Crippen molar-refractivity contribution in [1.29, 1.82) is 0 Å². The van der Waals surface area contributed by atoms with Gasteiger partial charge in [0.15, 0.2) is 0 Å². The molecule has 0 aliphatic rings. The van der Waals surface area contributed by atoms with E-state index < -0.39 is 11.6 Å². The zero-order chi connectivity index (χ0) is 13.1. The van der Waals surface area contributed by atoms with Gasteiger partial charge in [-0.15, -0.1) is 0 Å². The highest BCUT2D eigenvalue weighted by Crippen LogP contribution is 2.27. The molecule has 2 rings (SSSR count). The number of benzene rings is 2. The standard InChI is InChI=1S/C13H10ClF2NO/c14-11-3-2-10(17)6-13(11)18-7-8-5-9(15)1-4-12(8)16/h1-6H,7,17H2. The maximum Gasteiger partial charge on any atom is 0.140 e. The van der Waals surface area contributed by atoms with Gasteiger partial charge in [0.05, 0.1) is 5.02 Å². The summed E-state index contributed by atoms with van der Waals surface area (Å²) in [6.07, 6.45) is 0. The molecule has 0 saturated heterocycles. The molecule has 18 heavy (non-hydrogen) atoms.